The molecule has 0 spiro atoms. The van der Waals surface area contributed by atoms with Crippen LogP contribution in [0.5, 0.6) is 0 Å². The van der Waals surface area contributed by atoms with E-state index >= 15 is 0 Å². The van der Waals surface area contributed by atoms with E-state index in [4.69, 9.17) is 17.2 Å². The highest BCUT2D eigenvalue weighted by molar-refractivity contribution is 7.80. The van der Waals surface area contributed by atoms with Gasteiger partial charge in [0.1, 0.15) is 5.82 Å². The summed E-state index contributed by atoms with van der Waals surface area (Å²) in [6.45, 7) is 2.16. The average molecular weight is 448 g/mol. The molecule has 4 rings (SSSR count). The first-order chi connectivity index (χ1) is 15.5. The summed E-state index contributed by atoms with van der Waals surface area (Å²) in [5.41, 5.74) is 4.60. The van der Waals surface area contributed by atoms with Crippen LogP contribution in [0, 0.1) is 0 Å². The number of hydrogen-bond donors (Lipinski definition) is 3. The zero-order valence-electron chi connectivity index (χ0n) is 19.2. The van der Waals surface area contributed by atoms with Crippen molar-refractivity contribution in [3.63, 3.8) is 0 Å². The fourth-order valence-electron chi connectivity index (χ4n) is 4.49. The summed E-state index contributed by atoms with van der Waals surface area (Å²) >= 11 is 5.59. The van der Waals surface area contributed by atoms with Gasteiger partial charge in [-0.05, 0) is 62.0 Å². The molecular formula is C26H33N5S. The summed E-state index contributed by atoms with van der Waals surface area (Å²) in [4.78, 5) is 7.01. The molecule has 0 aliphatic heterocycles. The molecule has 1 aliphatic rings. The monoisotopic (exact) mass is 447 g/mol. The van der Waals surface area contributed by atoms with Crippen LogP contribution in [-0.2, 0) is 6.42 Å². The second-order valence-electron chi connectivity index (χ2n) is 8.74. The molecule has 32 heavy (non-hydrogen) atoms. The van der Waals surface area contributed by atoms with Crippen molar-refractivity contribution in [1.29, 1.82) is 0 Å². The number of para-hydroxylation sites is 2. The van der Waals surface area contributed by atoms with Gasteiger partial charge in [0.15, 0.2) is 5.11 Å². The van der Waals surface area contributed by atoms with Gasteiger partial charge < -0.3 is 20.9 Å². The number of aromatic nitrogens is 1. The van der Waals surface area contributed by atoms with Crippen molar-refractivity contribution in [3.05, 3.63) is 60.2 Å². The van der Waals surface area contributed by atoms with Crippen molar-refractivity contribution in [2.75, 3.05) is 29.6 Å². The molecule has 1 aliphatic carbocycles. The van der Waals surface area contributed by atoms with Crippen molar-refractivity contribution >= 4 is 45.4 Å². The van der Waals surface area contributed by atoms with Crippen LogP contribution in [0.4, 0.5) is 17.2 Å². The topological polar surface area (TPSA) is 52.2 Å². The Kier molecular flexibility index (Phi) is 7.10. The van der Waals surface area contributed by atoms with E-state index in [0.717, 1.165) is 49.1 Å². The molecule has 1 aromatic heterocycles. The molecule has 5 nitrogen and oxygen atoms in total. The van der Waals surface area contributed by atoms with E-state index in [1.54, 1.807) is 0 Å². The van der Waals surface area contributed by atoms with E-state index < -0.39 is 0 Å². The number of thiocarbonyl (C=S) groups is 1. The van der Waals surface area contributed by atoms with E-state index in [0.29, 0.717) is 17.2 Å². The highest BCUT2D eigenvalue weighted by Gasteiger charge is 2.22. The number of benzene rings is 2. The molecule has 168 valence electrons. The van der Waals surface area contributed by atoms with Crippen molar-refractivity contribution in [1.82, 2.24) is 10.3 Å². The first-order valence-electron chi connectivity index (χ1n) is 11.5. The normalized spacial score (nSPS) is 18.2. The number of anilines is 3. The fourth-order valence-corrected chi connectivity index (χ4v) is 4.76. The molecule has 0 atom stereocenters. The highest BCUT2D eigenvalue weighted by Crippen LogP contribution is 2.29. The minimum Gasteiger partial charge on any atom is -0.377 e. The average Bonchev–Trinajstić information content (AvgIpc) is 2.80. The lowest BCUT2D eigenvalue weighted by atomic mass is 9.91. The first kappa shape index (κ1) is 22.3. The van der Waals surface area contributed by atoms with E-state index in [1.807, 2.05) is 12.1 Å². The molecule has 0 radical (unpaired) electrons. The maximum Gasteiger partial charge on any atom is 0.171 e. The number of rotatable bonds is 6. The zero-order valence-corrected chi connectivity index (χ0v) is 20.0. The Hall–Kier alpha value is -2.86. The zero-order chi connectivity index (χ0) is 22.5. The van der Waals surface area contributed by atoms with Gasteiger partial charge >= 0.3 is 0 Å². The molecule has 1 saturated carbocycles. The third-order valence-corrected chi connectivity index (χ3v) is 6.46. The van der Waals surface area contributed by atoms with Crippen LogP contribution in [0.3, 0.4) is 0 Å². The van der Waals surface area contributed by atoms with Crippen LogP contribution in [0.25, 0.3) is 10.9 Å². The lowest BCUT2D eigenvalue weighted by molar-refractivity contribution is 0.388. The quantitative estimate of drug-likeness (QED) is 0.429. The number of hydrogen-bond acceptors (Lipinski definition) is 4. The third kappa shape index (κ3) is 5.30. The summed E-state index contributed by atoms with van der Waals surface area (Å²) in [6, 6.07) is 19.7. The van der Waals surface area contributed by atoms with Gasteiger partial charge in [-0.2, -0.15) is 0 Å². The van der Waals surface area contributed by atoms with Crippen LogP contribution in [0.15, 0.2) is 54.6 Å². The predicted molar refractivity (Wildman–Crippen MR) is 141 cm³/mol. The standard InChI is InChI=1S/C26H33N5S/c1-4-18-9-5-7-11-22(18)30-26(32)28-20-15-13-19(14-16-20)27-25-17-24(31(2)3)21-10-6-8-12-23(21)29-25/h5-12,17,19-20H,4,13-16H2,1-3H3,(H,27,29)(H2,28,30,32). The lowest BCUT2D eigenvalue weighted by Gasteiger charge is -2.31. The number of pyridine rings is 1. The Labute approximate surface area is 196 Å². The molecule has 1 fully saturated rings. The van der Waals surface area contributed by atoms with Crippen molar-refractivity contribution < 1.29 is 0 Å². The molecule has 3 aromatic rings. The lowest BCUT2D eigenvalue weighted by Crippen LogP contribution is -2.42. The minimum atomic E-state index is 0.406. The van der Waals surface area contributed by atoms with Crippen LogP contribution in [-0.4, -0.2) is 36.3 Å². The molecule has 2 aromatic carbocycles. The molecule has 6 heteroatoms. The van der Waals surface area contributed by atoms with Gasteiger partial charge in [-0.3, -0.25) is 0 Å². The predicted octanol–water partition coefficient (Wildman–Crippen LogP) is 5.57. The minimum absolute atomic E-state index is 0.406. The third-order valence-electron chi connectivity index (χ3n) is 6.24. The number of nitrogens with one attached hydrogen (secondary N) is 3. The maximum atomic E-state index is 5.59. The Balaban J connectivity index is 1.33. The molecule has 0 unspecified atom stereocenters. The van der Waals surface area contributed by atoms with Gasteiger partial charge in [-0.25, -0.2) is 4.98 Å². The molecule has 0 saturated heterocycles. The van der Waals surface area contributed by atoms with E-state index in [9.17, 15) is 0 Å². The smallest absolute Gasteiger partial charge is 0.171 e. The van der Waals surface area contributed by atoms with Crippen LogP contribution in [0.1, 0.15) is 38.2 Å². The Bertz CT molecular complexity index is 1070. The van der Waals surface area contributed by atoms with Crippen molar-refractivity contribution in [3.8, 4) is 0 Å². The largest absolute Gasteiger partial charge is 0.377 e. The first-order valence-corrected chi connectivity index (χ1v) is 11.9. The SMILES string of the molecule is CCc1ccccc1NC(=S)NC1CCC(Nc2cc(N(C)C)c3ccccc3n2)CC1. The van der Waals surface area contributed by atoms with Gasteiger partial charge in [-0.1, -0.05) is 43.3 Å². The molecule has 1 heterocycles. The van der Waals surface area contributed by atoms with Crippen LogP contribution >= 0.6 is 12.2 Å². The summed E-state index contributed by atoms with van der Waals surface area (Å²) in [7, 11) is 4.16. The Morgan fingerprint density at radius 2 is 1.69 bits per heavy atom. The van der Waals surface area contributed by atoms with Gasteiger partial charge in [-0.15, -0.1) is 0 Å². The second-order valence-corrected chi connectivity index (χ2v) is 9.15. The maximum absolute atomic E-state index is 5.59. The Morgan fingerprint density at radius 3 is 2.44 bits per heavy atom. The summed E-state index contributed by atoms with van der Waals surface area (Å²) in [5, 5.41) is 12.5. The van der Waals surface area contributed by atoms with Gasteiger partial charge in [0.2, 0.25) is 0 Å². The summed E-state index contributed by atoms with van der Waals surface area (Å²) in [5.74, 6) is 0.956. The summed E-state index contributed by atoms with van der Waals surface area (Å²) in [6.07, 6.45) is 5.35. The van der Waals surface area contributed by atoms with Gasteiger partial charge in [0, 0.05) is 49.0 Å². The van der Waals surface area contributed by atoms with Crippen LogP contribution in [0.2, 0.25) is 0 Å². The molecular weight excluding hydrogens is 414 g/mol. The van der Waals surface area contributed by atoms with Gasteiger partial charge in [0.25, 0.3) is 0 Å². The van der Waals surface area contributed by atoms with E-state index in [2.05, 4.69) is 84.3 Å². The highest BCUT2D eigenvalue weighted by atomic mass is 32.1. The Morgan fingerprint density at radius 1 is 1.00 bits per heavy atom. The molecule has 0 amide bonds. The van der Waals surface area contributed by atoms with E-state index in [-0.39, 0.29) is 0 Å². The number of fused-ring (bicyclic) bond motifs is 1. The molecule has 0 bridgehead atoms. The van der Waals surface area contributed by atoms with E-state index in [1.165, 1.54) is 16.6 Å². The summed E-state index contributed by atoms with van der Waals surface area (Å²) < 4.78 is 0. The number of nitrogens with zero attached hydrogens (tertiary/aromatic N) is 2. The number of aryl methyl sites for hydroxylation is 1. The molecule has 3 N–H and O–H groups in total. The van der Waals surface area contributed by atoms with Crippen LogP contribution < -0.4 is 20.9 Å². The van der Waals surface area contributed by atoms with Crippen molar-refractivity contribution in [2.45, 2.75) is 51.1 Å². The fraction of sp³-hybridized carbons (Fsp3) is 0.385. The van der Waals surface area contributed by atoms with Gasteiger partial charge in [0.05, 0.1) is 5.52 Å². The van der Waals surface area contributed by atoms with Crippen molar-refractivity contribution in [2.24, 2.45) is 0 Å². The second kappa shape index (κ2) is 10.2.